The van der Waals surface area contributed by atoms with Gasteiger partial charge in [-0.25, -0.2) is 4.79 Å². The second-order valence-corrected chi connectivity index (χ2v) is 4.74. The molecule has 7 heteroatoms. The molecule has 2 unspecified atom stereocenters. The maximum Gasteiger partial charge on any atom is 0.323 e. The molecule has 0 heterocycles. The predicted molar refractivity (Wildman–Crippen MR) is 75.4 cm³/mol. The van der Waals surface area contributed by atoms with Gasteiger partial charge < -0.3 is 20.6 Å². The standard InChI is InChI=1S/C13H25N3O4/c1-5-7-14-12(19)10(4)15-13(20)16(8-11(17)18)9(3)6-2/h9-10H,5-8H2,1-4H3,(H,14,19)(H,15,20)(H,17,18). The summed E-state index contributed by atoms with van der Waals surface area (Å²) in [6, 6.07) is -1.45. The molecule has 2 atom stereocenters. The first kappa shape index (κ1) is 18.2. The number of aliphatic carboxylic acids is 1. The van der Waals surface area contributed by atoms with E-state index in [2.05, 4.69) is 10.6 Å². The van der Waals surface area contributed by atoms with Crippen molar-refractivity contribution in [2.45, 2.75) is 52.6 Å². The van der Waals surface area contributed by atoms with Gasteiger partial charge in [0.15, 0.2) is 0 Å². The Labute approximate surface area is 119 Å². The molecular formula is C13H25N3O4. The quantitative estimate of drug-likeness (QED) is 0.615. The van der Waals surface area contributed by atoms with Crippen molar-refractivity contribution >= 4 is 17.9 Å². The lowest BCUT2D eigenvalue weighted by atomic mass is 10.2. The highest BCUT2D eigenvalue weighted by Gasteiger charge is 2.24. The number of carboxylic acids is 1. The third-order valence-electron chi connectivity index (χ3n) is 2.97. The van der Waals surface area contributed by atoms with Crippen LogP contribution in [0, 0.1) is 0 Å². The second kappa shape index (κ2) is 9.17. The molecule has 3 N–H and O–H groups in total. The third-order valence-corrected chi connectivity index (χ3v) is 2.97. The number of urea groups is 1. The van der Waals surface area contributed by atoms with Gasteiger partial charge in [0.25, 0.3) is 0 Å². The van der Waals surface area contributed by atoms with Crippen molar-refractivity contribution in [2.24, 2.45) is 0 Å². The molecule has 3 amide bonds. The molecule has 0 aromatic heterocycles. The van der Waals surface area contributed by atoms with Crippen LogP contribution in [-0.4, -0.2) is 53.1 Å². The average Bonchev–Trinajstić information content (AvgIpc) is 2.40. The number of carbonyl (C=O) groups excluding carboxylic acids is 2. The van der Waals surface area contributed by atoms with Gasteiger partial charge in [-0.2, -0.15) is 0 Å². The molecule has 0 spiro atoms. The fourth-order valence-corrected chi connectivity index (χ4v) is 1.53. The Balaban J connectivity index is 4.58. The van der Waals surface area contributed by atoms with Gasteiger partial charge in [0.2, 0.25) is 5.91 Å². The molecule has 0 aromatic carbocycles. The summed E-state index contributed by atoms with van der Waals surface area (Å²) in [5.41, 5.74) is 0. The van der Waals surface area contributed by atoms with E-state index in [-0.39, 0.29) is 18.5 Å². The van der Waals surface area contributed by atoms with Gasteiger partial charge in [-0.15, -0.1) is 0 Å². The van der Waals surface area contributed by atoms with Gasteiger partial charge in [-0.05, 0) is 26.7 Å². The summed E-state index contributed by atoms with van der Waals surface area (Å²) in [7, 11) is 0. The van der Waals surface area contributed by atoms with Crippen molar-refractivity contribution < 1.29 is 19.5 Å². The smallest absolute Gasteiger partial charge is 0.323 e. The van der Waals surface area contributed by atoms with Crippen LogP contribution in [0.1, 0.15) is 40.5 Å². The molecular weight excluding hydrogens is 262 g/mol. The normalized spacial score (nSPS) is 13.2. The van der Waals surface area contributed by atoms with E-state index in [1.54, 1.807) is 13.8 Å². The van der Waals surface area contributed by atoms with Crippen LogP contribution >= 0.6 is 0 Å². The van der Waals surface area contributed by atoms with Crippen molar-refractivity contribution in [3.8, 4) is 0 Å². The zero-order valence-corrected chi connectivity index (χ0v) is 12.6. The van der Waals surface area contributed by atoms with Crippen LogP contribution in [0.15, 0.2) is 0 Å². The van der Waals surface area contributed by atoms with Crippen LogP contribution < -0.4 is 10.6 Å². The minimum atomic E-state index is -1.08. The van der Waals surface area contributed by atoms with Gasteiger partial charge in [0.05, 0.1) is 0 Å². The molecule has 7 nitrogen and oxygen atoms in total. The Hall–Kier alpha value is -1.79. The molecule has 0 rings (SSSR count). The maximum absolute atomic E-state index is 12.0. The predicted octanol–water partition coefficient (Wildman–Crippen LogP) is 0.796. The minimum Gasteiger partial charge on any atom is -0.480 e. The number of hydrogen-bond donors (Lipinski definition) is 3. The number of carboxylic acid groups (broad SMARTS) is 1. The topological polar surface area (TPSA) is 98.7 Å². The molecule has 0 fully saturated rings. The highest BCUT2D eigenvalue weighted by atomic mass is 16.4. The SMILES string of the molecule is CCCNC(=O)C(C)NC(=O)N(CC(=O)O)C(C)CC. The summed E-state index contributed by atoms with van der Waals surface area (Å²) in [5, 5.41) is 14.0. The van der Waals surface area contributed by atoms with E-state index in [1.807, 2.05) is 13.8 Å². The molecule has 0 aliphatic heterocycles. The monoisotopic (exact) mass is 287 g/mol. The summed E-state index contributed by atoms with van der Waals surface area (Å²) in [4.78, 5) is 35.7. The maximum atomic E-state index is 12.0. The van der Waals surface area contributed by atoms with Gasteiger partial charge >= 0.3 is 12.0 Å². The summed E-state index contributed by atoms with van der Waals surface area (Å²) < 4.78 is 0. The largest absolute Gasteiger partial charge is 0.480 e. The summed E-state index contributed by atoms with van der Waals surface area (Å²) in [6.45, 7) is 7.29. The zero-order chi connectivity index (χ0) is 15.7. The van der Waals surface area contributed by atoms with Crippen molar-refractivity contribution in [3.05, 3.63) is 0 Å². The lowest BCUT2D eigenvalue weighted by Crippen LogP contribution is -2.53. The van der Waals surface area contributed by atoms with Crippen LogP contribution in [-0.2, 0) is 9.59 Å². The first-order valence-electron chi connectivity index (χ1n) is 6.90. The number of hydrogen-bond acceptors (Lipinski definition) is 3. The fourth-order valence-electron chi connectivity index (χ4n) is 1.53. The van der Waals surface area contributed by atoms with E-state index in [9.17, 15) is 14.4 Å². The molecule has 0 bridgehead atoms. The van der Waals surface area contributed by atoms with Crippen LogP contribution in [0.3, 0.4) is 0 Å². The second-order valence-electron chi connectivity index (χ2n) is 4.74. The van der Waals surface area contributed by atoms with Crippen LogP contribution in [0.4, 0.5) is 4.79 Å². The third kappa shape index (κ3) is 6.40. The van der Waals surface area contributed by atoms with E-state index in [4.69, 9.17) is 5.11 Å². The zero-order valence-electron chi connectivity index (χ0n) is 12.6. The fraction of sp³-hybridized carbons (Fsp3) is 0.769. The van der Waals surface area contributed by atoms with E-state index < -0.39 is 18.0 Å². The van der Waals surface area contributed by atoms with Crippen molar-refractivity contribution in [1.82, 2.24) is 15.5 Å². The number of rotatable bonds is 8. The Morgan fingerprint density at radius 3 is 2.25 bits per heavy atom. The number of nitrogens with one attached hydrogen (secondary N) is 2. The molecule has 20 heavy (non-hydrogen) atoms. The number of carbonyl (C=O) groups is 3. The number of amides is 3. The molecule has 0 saturated carbocycles. The van der Waals surface area contributed by atoms with Gasteiger partial charge in [0.1, 0.15) is 12.6 Å². The Bertz CT molecular complexity index is 347. The average molecular weight is 287 g/mol. The summed E-state index contributed by atoms with van der Waals surface area (Å²) in [5.74, 6) is -1.36. The molecule has 0 aliphatic carbocycles. The van der Waals surface area contributed by atoms with Crippen molar-refractivity contribution in [3.63, 3.8) is 0 Å². The van der Waals surface area contributed by atoms with E-state index in [0.29, 0.717) is 13.0 Å². The minimum absolute atomic E-state index is 0.211. The highest BCUT2D eigenvalue weighted by Crippen LogP contribution is 2.04. The van der Waals surface area contributed by atoms with E-state index >= 15 is 0 Å². The molecule has 116 valence electrons. The van der Waals surface area contributed by atoms with Gasteiger partial charge in [-0.3, -0.25) is 9.59 Å². The van der Waals surface area contributed by atoms with Crippen molar-refractivity contribution in [1.29, 1.82) is 0 Å². The summed E-state index contributed by atoms with van der Waals surface area (Å²) >= 11 is 0. The van der Waals surface area contributed by atoms with Crippen LogP contribution in [0.2, 0.25) is 0 Å². The first-order chi connectivity index (χ1) is 9.33. The van der Waals surface area contributed by atoms with Gasteiger partial charge in [0, 0.05) is 12.6 Å². The number of nitrogens with zero attached hydrogens (tertiary/aromatic N) is 1. The van der Waals surface area contributed by atoms with E-state index in [0.717, 1.165) is 6.42 Å². The lowest BCUT2D eigenvalue weighted by molar-refractivity contribution is -0.138. The van der Waals surface area contributed by atoms with Crippen LogP contribution in [0.5, 0.6) is 0 Å². The molecule has 0 radical (unpaired) electrons. The van der Waals surface area contributed by atoms with Crippen LogP contribution in [0.25, 0.3) is 0 Å². The Kier molecular flexibility index (Phi) is 8.35. The lowest BCUT2D eigenvalue weighted by Gasteiger charge is -2.28. The highest BCUT2D eigenvalue weighted by molar-refractivity contribution is 5.87. The summed E-state index contributed by atoms with van der Waals surface area (Å²) in [6.07, 6.45) is 1.45. The molecule has 0 aliphatic rings. The Morgan fingerprint density at radius 2 is 1.80 bits per heavy atom. The van der Waals surface area contributed by atoms with Gasteiger partial charge in [-0.1, -0.05) is 13.8 Å². The first-order valence-corrected chi connectivity index (χ1v) is 6.90. The van der Waals surface area contributed by atoms with Crippen molar-refractivity contribution in [2.75, 3.05) is 13.1 Å². The molecule has 0 saturated heterocycles. The van der Waals surface area contributed by atoms with E-state index in [1.165, 1.54) is 4.90 Å². The Morgan fingerprint density at radius 1 is 1.20 bits per heavy atom. The molecule has 0 aromatic rings.